The van der Waals surface area contributed by atoms with Gasteiger partial charge in [0.15, 0.2) is 0 Å². The second-order valence-corrected chi connectivity index (χ2v) is 8.03. The van der Waals surface area contributed by atoms with Crippen molar-refractivity contribution in [3.8, 4) is 0 Å². The van der Waals surface area contributed by atoms with E-state index in [2.05, 4.69) is 0 Å². The van der Waals surface area contributed by atoms with Crippen LogP contribution in [0.25, 0.3) is 16.5 Å². The Balaban J connectivity index is 1.79. The SMILES string of the molecule is Cc1ccccc1N1C(=O)C(=O)/C(=C(\O)c2cccc3ccccc23)C1c1ccc(F)cc1. The van der Waals surface area contributed by atoms with Gasteiger partial charge in [0.2, 0.25) is 0 Å². The van der Waals surface area contributed by atoms with Gasteiger partial charge in [0.05, 0.1) is 11.6 Å². The molecule has 1 unspecified atom stereocenters. The number of rotatable bonds is 3. The number of hydrogen-bond acceptors (Lipinski definition) is 3. The van der Waals surface area contributed by atoms with Crippen LogP contribution in [0.2, 0.25) is 0 Å². The van der Waals surface area contributed by atoms with Crippen LogP contribution in [0.3, 0.4) is 0 Å². The van der Waals surface area contributed by atoms with Gasteiger partial charge < -0.3 is 5.11 Å². The van der Waals surface area contributed by atoms with Crippen molar-refractivity contribution in [3.63, 3.8) is 0 Å². The highest BCUT2D eigenvalue weighted by Crippen LogP contribution is 2.43. The zero-order valence-electron chi connectivity index (χ0n) is 17.8. The predicted molar refractivity (Wildman–Crippen MR) is 126 cm³/mol. The lowest BCUT2D eigenvalue weighted by molar-refractivity contribution is -0.132. The number of aliphatic hydroxyl groups is 1. The van der Waals surface area contributed by atoms with Crippen LogP contribution in [-0.2, 0) is 9.59 Å². The fourth-order valence-corrected chi connectivity index (χ4v) is 4.45. The number of hydrogen-bond donors (Lipinski definition) is 1. The van der Waals surface area contributed by atoms with Gasteiger partial charge in [-0.1, -0.05) is 72.8 Å². The fraction of sp³-hybridized carbons (Fsp3) is 0.0714. The summed E-state index contributed by atoms with van der Waals surface area (Å²) in [5.74, 6) is -2.20. The van der Waals surface area contributed by atoms with Crippen LogP contribution in [0, 0.1) is 12.7 Å². The van der Waals surface area contributed by atoms with Gasteiger partial charge in [0.1, 0.15) is 11.6 Å². The summed E-state index contributed by atoms with van der Waals surface area (Å²) in [5, 5.41) is 13.1. The van der Waals surface area contributed by atoms with Crippen molar-refractivity contribution in [3.05, 3.63) is 119 Å². The molecule has 4 aromatic carbocycles. The second kappa shape index (κ2) is 8.02. The highest BCUT2D eigenvalue weighted by atomic mass is 19.1. The number of para-hydroxylation sites is 1. The molecule has 162 valence electrons. The van der Waals surface area contributed by atoms with E-state index >= 15 is 0 Å². The van der Waals surface area contributed by atoms with Gasteiger partial charge >= 0.3 is 0 Å². The Morgan fingerprint density at radius 2 is 1.52 bits per heavy atom. The summed E-state index contributed by atoms with van der Waals surface area (Å²) in [6, 6.07) is 24.9. The Kier molecular flexibility index (Phi) is 5.02. The topological polar surface area (TPSA) is 57.6 Å². The van der Waals surface area contributed by atoms with Crippen molar-refractivity contribution in [2.75, 3.05) is 4.90 Å². The Morgan fingerprint density at radius 3 is 2.27 bits per heavy atom. The molecular formula is C28H20FNO3. The zero-order chi connectivity index (χ0) is 23.1. The van der Waals surface area contributed by atoms with Crippen molar-refractivity contribution in [2.45, 2.75) is 13.0 Å². The monoisotopic (exact) mass is 437 g/mol. The van der Waals surface area contributed by atoms with E-state index in [1.54, 1.807) is 24.3 Å². The van der Waals surface area contributed by atoms with Crippen LogP contribution >= 0.6 is 0 Å². The quantitative estimate of drug-likeness (QED) is 0.246. The summed E-state index contributed by atoms with van der Waals surface area (Å²) in [4.78, 5) is 28.0. The first-order chi connectivity index (χ1) is 16.0. The second-order valence-electron chi connectivity index (χ2n) is 8.03. The minimum Gasteiger partial charge on any atom is -0.507 e. The first-order valence-corrected chi connectivity index (χ1v) is 10.6. The summed E-state index contributed by atoms with van der Waals surface area (Å²) in [7, 11) is 0. The smallest absolute Gasteiger partial charge is 0.300 e. The number of halogens is 1. The maximum absolute atomic E-state index is 13.7. The summed E-state index contributed by atoms with van der Waals surface area (Å²) in [6.45, 7) is 1.85. The highest BCUT2D eigenvalue weighted by Gasteiger charge is 2.47. The molecule has 0 radical (unpaired) electrons. The maximum Gasteiger partial charge on any atom is 0.300 e. The van der Waals surface area contributed by atoms with E-state index in [0.29, 0.717) is 16.8 Å². The number of carbonyl (C=O) groups is 2. The number of amides is 1. The molecule has 1 heterocycles. The molecule has 0 bridgehead atoms. The average molecular weight is 437 g/mol. The maximum atomic E-state index is 13.7. The molecule has 33 heavy (non-hydrogen) atoms. The summed E-state index contributed by atoms with van der Waals surface area (Å²) < 4.78 is 13.7. The fourth-order valence-electron chi connectivity index (χ4n) is 4.45. The molecular weight excluding hydrogens is 417 g/mol. The standard InChI is InChI=1S/C28H20FNO3/c1-17-7-2-5-12-23(17)30-25(19-13-15-20(29)16-14-19)24(27(32)28(30)33)26(31)22-11-6-9-18-8-3-4-10-21(18)22/h2-16,25,31H,1H3/b26-24-. The van der Waals surface area contributed by atoms with Gasteiger partial charge in [0.25, 0.3) is 11.7 Å². The van der Waals surface area contributed by atoms with Gasteiger partial charge in [-0.15, -0.1) is 0 Å². The predicted octanol–water partition coefficient (Wildman–Crippen LogP) is 5.91. The lowest BCUT2D eigenvalue weighted by Gasteiger charge is -2.26. The average Bonchev–Trinajstić information content (AvgIpc) is 3.09. The molecule has 0 saturated carbocycles. The number of benzene rings is 4. The molecule has 4 aromatic rings. The number of anilines is 1. The van der Waals surface area contributed by atoms with E-state index in [9.17, 15) is 19.1 Å². The van der Waals surface area contributed by atoms with Crippen LogP contribution in [0.4, 0.5) is 10.1 Å². The van der Waals surface area contributed by atoms with Crippen LogP contribution in [0.1, 0.15) is 22.7 Å². The largest absolute Gasteiger partial charge is 0.507 e. The van der Waals surface area contributed by atoms with E-state index in [4.69, 9.17) is 0 Å². The number of fused-ring (bicyclic) bond motifs is 1. The Bertz CT molecular complexity index is 1430. The van der Waals surface area contributed by atoms with Crippen LogP contribution < -0.4 is 4.90 Å². The highest BCUT2D eigenvalue weighted by molar-refractivity contribution is 6.52. The minimum atomic E-state index is -0.898. The van der Waals surface area contributed by atoms with Crippen molar-refractivity contribution < 1.29 is 19.1 Å². The number of nitrogens with zero attached hydrogens (tertiary/aromatic N) is 1. The molecule has 0 aliphatic carbocycles. The van der Waals surface area contributed by atoms with E-state index in [1.165, 1.54) is 29.2 Å². The third kappa shape index (κ3) is 3.38. The van der Waals surface area contributed by atoms with Crippen LogP contribution in [0.15, 0.2) is 96.6 Å². The van der Waals surface area contributed by atoms with Crippen molar-refractivity contribution in [1.82, 2.24) is 0 Å². The number of carbonyl (C=O) groups excluding carboxylic acids is 2. The lowest BCUT2D eigenvalue weighted by atomic mass is 9.93. The molecule has 1 aliphatic heterocycles. The molecule has 0 spiro atoms. The summed E-state index contributed by atoms with van der Waals surface area (Å²) >= 11 is 0. The van der Waals surface area contributed by atoms with Gasteiger partial charge in [-0.05, 0) is 47.0 Å². The molecule has 5 heteroatoms. The van der Waals surface area contributed by atoms with Crippen LogP contribution in [0.5, 0.6) is 0 Å². The lowest BCUT2D eigenvalue weighted by Crippen LogP contribution is -2.30. The Labute approximate surface area is 190 Å². The van der Waals surface area contributed by atoms with Crippen molar-refractivity contribution >= 4 is 33.9 Å². The van der Waals surface area contributed by atoms with E-state index in [0.717, 1.165) is 16.3 Å². The number of aliphatic hydroxyl groups excluding tert-OH is 1. The number of ketones is 1. The van der Waals surface area contributed by atoms with E-state index < -0.39 is 23.5 Å². The van der Waals surface area contributed by atoms with E-state index in [-0.39, 0.29) is 11.3 Å². The summed E-state index contributed by atoms with van der Waals surface area (Å²) in [6.07, 6.45) is 0. The molecule has 1 fully saturated rings. The molecule has 4 nitrogen and oxygen atoms in total. The first kappa shape index (κ1) is 20.6. The molecule has 1 atom stereocenters. The molecule has 1 amide bonds. The molecule has 0 aromatic heterocycles. The van der Waals surface area contributed by atoms with Crippen LogP contribution in [-0.4, -0.2) is 16.8 Å². The third-order valence-electron chi connectivity index (χ3n) is 6.05. The third-order valence-corrected chi connectivity index (χ3v) is 6.05. The zero-order valence-corrected chi connectivity index (χ0v) is 17.8. The van der Waals surface area contributed by atoms with Gasteiger partial charge in [-0.2, -0.15) is 0 Å². The molecule has 1 saturated heterocycles. The first-order valence-electron chi connectivity index (χ1n) is 10.6. The Hall–Kier alpha value is -4.25. The van der Waals surface area contributed by atoms with Gasteiger partial charge in [0, 0.05) is 11.3 Å². The molecule has 1 N–H and O–H groups in total. The van der Waals surface area contributed by atoms with Gasteiger partial charge in [-0.25, -0.2) is 4.39 Å². The van der Waals surface area contributed by atoms with Gasteiger partial charge in [-0.3, -0.25) is 14.5 Å². The van der Waals surface area contributed by atoms with E-state index in [1.807, 2.05) is 49.4 Å². The normalized spacial score (nSPS) is 17.6. The number of Topliss-reactive ketones (excluding diaryl/α,β-unsaturated/α-hetero) is 1. The minimum absolute atomic E-state index is 0.0220. The molecule has 5 rings (SSSR count). The molecule has 1 aliphatic rings. The van der Waals surface area contributed by atoms with Crippen molar-refractivity contribution in [2.24, 2.45) is 0 Å². The number of aryl methyl sites for hydroxylation is 1. The van der Waals surface area contributed by atoms with Crippen molar-refractivity contribution in [1.29, 1.82) is 0 Å². The Morgan fingerprint density at radius 1 is 0.848 bits per heavy atom. The summed E-state index contributed by atoms with van der Waals surface area (Å²) in [5.41, 5.74) is 2.33.